The number of halogens is 2. The topological polar surface area (TPSA) is 53.6 Å². The molecule has 1 amide bonds. The molecule has 0 aliphatic carbocycles. The van der Waals surface area contributed by atoms with Crippen LogP contribution in [0.3, 0.4) is 0 Å². The van der Waals surface area contributed by atoms with Gasteiger partial charge < -0.3 is 20.3 Å². The van der Waals surface area contributed by atoms with E-state index >= 15 is 0 Å². The summed E-state index contributed by atoms with van der Waals surface area (Å²) >= 11 is 5.92. The van der Waals surface area contributed by atoms with Crippen molar-refractivity contribution in [2.75, 3.05) is 48.4 Å². The van der Waals surface area contributed by atoms with Crippen LogP contribution in [0.2, 0.25) is 5.02 Å². The van der Waals surface area contributed by atoms with Gasteiger partial charge in [0.1, 0.15) is 5.82 Å². The van der Waals surface area contributed by atoms with Crippen molar-refractivity contribution in [1.29, 1.82) is 0 Å². The second kappa shape index (κ2) is 8.18. The number of nitrogens with zero attached hydrogens (tertiary/aromatic N) is 1. The van der Waals surface area contributed by atoms with Crippen LogP contribution in [0.15, 0.2) is 42.5 Å². The van der Waals surface area contributed by atoms with Gasteiger partial charge in [-0.3, -0.25) is 4.79 Å². The van der Waals surface area contributed by atoms with Crippen LogP contribution in [0.5, 0.6) is 0 Å². The van der Waals surface area contributed by atoms with Gasteiger partial charge in [-0.2, -0.15) is 0 Å². The van der Waals surface area contributed by atoms with Crippen molar-refractivity contribution in [3.05, 3.63) is 53.3 Å². The van der Waals surface area contributed by atoms with Crippen molar-refractivity contribution in [3.8, 4) is 0 Å². The zero-order chi connectivity index (χ0) is 17.6. The van der Waals surface area contributed by atoms with Gasteiger partial charge in [0.15, 0.2) is 0 Å². The van der Waals surface area contributed by atoms with Gasteiger partial charge in [0.2, 0.25) is 5.91 Å². The van der Waals surface area contributed by atoms with Crippen molar-refractivity contribution in [2.24, 2.45) is 0 Å². The Morgan fingerprint density at radius 3 is 2.56 bits per heavy atom. The van der Waals surface area contributed by atoms with Crippen LogP contribution in [-0.2, 0) is 9.53 Å². The van der Waals surface area contributed by atoms with E-state index in [0.717, 1.165) is 32.0 Å². The Kier molecular flexibility index (Phi) is 5.73. The summed E-state index contributed by atoms with van der Waals surface area (Å²) in [4.78, 5) is 14.3. The molecule has 2 aromatic rings. The third kappa shape index (κ3) is 4.84. The second-order valence-electron chi connectivity index (χ2n) is 5.67. The number of rotatable bonds is 5. The molecule has 0 spiro atoms. The molecule has 0 aromatic heterocycles. The Bertz CT molecular complexity index is 734. The largest absolute Gasteiger partial charge is 0.378 e. The molecule has 0 saturated carbocycles. The normalized spacial score (nSPS) is 14.2. The molecule has 2 N–H and O–H groups in total. The van der Waals surface area contributed by atoms with Crippen molar-refractivity contribution in [3.63, 3.8) is 0 Å². The average Bonchev–Trinajstić information content (AvgIpc) is 2.62. The summed E-state index contributed by atoms with van der Waals surface area (Å²) in [7, 11) is 0. The highest BCUT2D eigenvalue weighted by molar-refractivity contribution is 6.33. The minimum absolute atomic E-state index is 0.0383. The maximum Gasteiger partial charge on any atom is 0.243 e. The maximum absolute atomic E-state index is 13.0. The maximum atomic E-state index is 13.0. The van der Waals surface area contributed by atoms with E-state index in [-0.39, 0.29) is 17.5 Å². The first-order valence-corrected chi connectivity index (χ1v) is 8.41. The number of hydrogen-bond acceptors (Lipinski definition) is 4. The third-order valence-corrected chi connectivity index (χ3v) is 4.21. The van der Waals surface area contributed by atoms with Crippen molar-refractivity contribution >= 4 is 34.6 Å². The van der Waals surface area contributed by atoms with Gasteiger partial charge in [0, 0.05) is 24.5 Å². The zero-order valence-electron chi connectivity index (χ0n) is 13.6. The Morgan fingerprint density at radius 1 is 1.16 bits per heavy atom. The zero-order valence-corrected chi connectivity index (χ0v) is 14.4. The number of carbonyl (C=O) groups is 1. The van der Waals surface area contributed by atoms with Crippen LogP contribution in [0.25, 0.3) is 0 Å². The average molecular weight is 364 g/mol. The molecule has 1 saturated heterocycles. The predicted molar refractivity (Wildman–Crippen MR) is 98.0 cm³/mol. The van der Waals surface area contributed by atoms with Gasteiger partial charge in [-0.15, -0.1) is 0 Å². The number of ether oxygens (including phenoxy) is 1. The molecule has 0 atom stereocenters. The molecule has 1 heterocycles. The molecule has 0 unspecified atom stereocenters. The van der Waals surface area contributed by atoms with Crippen LogP contribution in [-0.4, -0.2) is 38.8 Å². The molecule has 1 fully saturated rings. The predicted octanol–water partition coefficient (Wildman–Crippen LogP) is 3.37. The molecule has 7 heteroatoms. The second-order valence-corrected chi connectivity index (χ2v) is 6.08. The first kappa shape index (κ1) is 17.5. The Labute approximate surface area is 150 Å². The molecular formula is C18H19ClFN3O2. The Morgan fingerprint density at radius 2 is 1.88 bits per heavy atom. The summed E-state index contributed by atoms with van der Waals surface area (Å²) in [6.45, 7) is 3.24. The number of morpholine rings is 1. The van der Waals surface area contributed by atoms with E-state index in [1.807, 2.05) is 24.3 Å². The van der Waals surface area contributed by atoms with Gasteiger partial charge >= 0.3 is 0 Å². The van der Waals surface area contributed by atoms with E-state index in [1.165, 1.54) is 18.2 Å². The lowest BCUT2D eigenvalue weighted by Crippen LogP contribution is -2.36. The van der Waals surface area contributed by atoms with Crippen molar-refractivity contribution < 1.29 is 13.9 Å². The molecule has 0 radical (unpaired) electrons. The number of nitrogens with one attached hydrogen (secondary N) is 2. The molecule has 2 aromatic carbocycles. The molecule has 3 rings (SSSR count). The number of benzene rings is 2. The lowest BCUT2D eigenvalue weighted by Gasteiger charge is -2.28. The van der Waals surface area contributed by atoms with Crippen LogP contribution < -0.4 is 15.5 Å². The standard InChI is InChI=1S/C18H19ClFN3O2/c19-16-11-13(20)1-6-17(16)21-12-18(24)22-14-2-4-15(5-3-14)23-7-9-25-10-8-23/h1-6,11,21H,7-10,12H2,(H,22,24). The van der Waals surface area contributed by atoms with Gasteiger partial charge in [0.05, 0.1) is 30.5 Å². The highest BCUT2D eigenvalue weighted by Gasteiger charge is 2.11. The third-order valence-electron chi connectivity index (χ3n) is 3.90. The monoisotopic (exact) mass is 363 g/mol. The summed E-state index contributed by atoms with van der Waals surface area (Å²) in [5.74, 6) is -0.625. The number of carbonyl (C=O) groups excluding carboxylic acids is 1. The van der Waals surface area contributed by atoms with E-state index in [2.05, 4.69) is 15.5 Å². The number of anilines is 3. The molecule has 0 bridgehead atoms. The minimum atomic E-state index is -0.416. The quantitative estimate of drug-likeness (QED) is 0.855. The summed E-state index contributed by atoms with van der Waals surface area (Å²) in [6.07, 6.45) is 0. The number of amides is 1. The first-order valence-electron chi connectivity index (χ1n) is 8.03. The fourth-order valence-electron chi connectivity index (χ4n) is 2.59. The van der Waals surface area contributed by atoms with Crippen LogP contribution in [0, 0.1) is 5.82 Å². The van der Waals surface area contributed by atoms with Crippen LogP contribution in [0.4, 0.5) is 21.5 Å². The summed E-state index contributed by atoms with van der Waals surface area (Å²) in [5.41, 5.74) is 2.34. The molecule has 132 valence electrons. The summed E-state index contributed by atoms with van der Waals surface area (Å²) in [5, 5.41) is 5.94. The lowest BCUT2D eigenvalue weighted by molar-refractivity contribution is -0.114. The van der Waals surface area contributed by atoms with E-state index in [1.54, 1.807) is 0 Å². The first-order chi connectivity index (χ1) is 12.1. The van der Waals surface area contributed by atoms with Gasteiger partial charge in [-0.1, -0.05) is 11.6 Å². The smallest absolute Gasteiger partial charge is 0.243 e. The molecule has 25 heavy (non-hydrogen) atoms. The minimum Gasteiger partial charge on any atom is -0.378 e. The molecule has 1 aliphatic rings. The summed E-state index contributed by atoms with van der Waals surface area (Å²) < 4.78 is 18.3. The fraction of sp³-hybridized carbons (Fsp3) is 0.278. The molecule has 1 aliphatic heterocycles. The van der Waals surface area contributed by atoms with E-state index < -0.39 is 5.82 Å². The highest BCUT2D eigenvalue weighted by Crippen LogP contribution is 2.22. The molecular weight excluding hydrogens is 345 g/mol. The van der Waals surface area contributed by atoms with Gasteiger partial charge in [0.25, 0.3) is 0 Å². The van der Waals surface area contributed by atoms with Crippen molar-refractivity contribution in [1.82, 2.24) is 0 Å². The number of hydrogen-bond donors (Lipinski definition) is 2. The van der Waals surface area contributed by atoms with E-state index in [9.17, 15) is 9.18 Å². The van der Waals surface area contributed by atoms with Crippen molar-refractivity contribution in [2.45, 2.75) is 0 Å². The van der Waals surface area contributed by atoms with Gasteiger partial charge in [-0.05, 0) is 42.5 Å². The fourth-order valence-corrected chi connectivity index (χ4v) is 2.82. The Hall–Kier alpha value is -2.31. The van der Waals surface area contributed by atoms with Crippen LogP contribution in [0.1, 0.15) is 0 Å². The lowest BCUT2D eigenvalue weighted by atomic mass is 10.2. The molecule has 5 nitrogen and oxygen atoms in total. The Balaban J connectivity index is 1.52. The summed E-state index contributed by atoms with van der Waals surface area (Å²) in [6, 6.07) is 11.7. The SMILES string of the molecule is O=C(CNc1ccc(F)cc1Cl)Nc1ccc(N2CCOCC2)cc1. The van der Waals surface area contributed by atoms with E-state index in [0.29, 0.717) is 11.4 Å². The van der Waals surface area contributed by atoms with Gasteiger partial charge in [-0.25, -0.2) is 4.39 Å². The highest BCUT2D eigenvalue weighted by atomic mass is 35.5. The van der Waals surface area contributed by atoms with Crippen LogP contribution >= 0.6 is 11.6 Å². The van der Waals surface area contributed by atoms with E-state index in [4.69, 9.17) is 16.3 Å².